The average molecular weight is 428 g/mol. The Kier molecular flexibility index (Phi) is 9.22. The Morgan fingerprint density at radius 2 is 0.935 bits per heavy atom. The molecule has 0 saturated heterocycles. The Labute approximate surface area is 180 Å². The van der Waals surface area contributed by atoms with Crippen LogP contribution in [-0.4, -0.2) is 50.3 Å². The Balaban J connectivity index is 1.53. The van der Waals surface area contributed by atoms with Crippen molar-refractivity contribution < 1.29 is 38.1 Å². The third kappa shape index (κ3) is 8.69. The maximum absolute atomic E-state index is 11.8. The van der Waals surface area contributed by atoms with Gasteiger partial charge in [-0.25, -0.2) is 19.2 Å². The van der Waals surface area contributed by atoms with Crippen LogP contribution in [0.3, 0.4) is 0 Å². The number of aryl methyl sites for hydroxylation is 2. The Bertz CT molecular complexity index is 825. The molecule has 0 N–H and O–H groups in total. The third-order valence-electron chi connectivity index (χ3n) is 4.03. The van der Waals surface area contributed by atoms with E-state index in [0.717, 1.165) is 11.1 Å². The highest BCUT2D eigenvalue weighted by molar-refractivity contribution is 5.91. The molecule has 0 fully saturated rings. The molecule has 2 aromatic carbocycles. The molecule has 0 saturated carbocycles. The molecule has 0 heterocycles. The Morgan fingerprint density at radius 3 is 1.29 bits per heavy atom. The summed E-state index contributed by atoms with van der Waals surface area (Å²) in [6, 6.07) is 13.5. The minimum Gasteiger partial charge on any atom is -0.463 e. The molecule has 8 heteroatoms. The summed E-state index contributed by atoms with van der Waals surface area (Å²) in [5, 5.41) is 0. The van der Waals surface area contributed by atoms with Gasteiger partial charge in [0.25, 0.3) is 0 Å². The minimum atomic E-state index is -0.709. The van der Waals surface area contributed by atoms with Gasteiger partial charge < -0.3 is 18.9 Å². The normalized spacial score (nSPS) is 10.1. The summed E-state index contributed by atoms with van der Waals surface area (Å²) in [5.74, 6) is -2.66. The lowest BCUT2D eigenvalue weighted by Gasteiger charge is -2.08. The van der Waals surface area contributed by atoms with E-state index in [2.05, 4.69) is 0 Å². The number of hydrogen-bond acceptors (Lipinski definition) is 8. The molecule has 0 amide bonds. The molecule has 0 aliphatic heterocycles. The maximum Gasteiger partial charge on any atom is 0.344 e. The van der Waals surface area contributed by atoms with Crippen LogP contribution < -0.4 is 0 Å². The van der Waals surface area contributed by atoms with Crippen molar-refractivity contribution in [3.05, 3.63) is 70.8 Å². The zero-order valence-electron chi connectivity index (χ0n) is 17.4. The summed E-state index contributed by atoms with van der Waals surface area (Å²) in [4.78, 5) is 46.8. The fourth-order valence-electron chi connectivity index (χ4n) is 2.31. The highest BCUT2D eigenvalue weighted by atomic mass is 16.6. The molecule has 0 aliphatic carbocycles. The van der Waals surface area contributed by atoms with Crippen molar-refractivity contribution in [2.75, 3.05) is 26.4 Å². The first-order valence-corrected chi connectivity index (χ1v) is 9.64. The molecule has 0 unspecified atom stereocenters. The first kappa shape index (κ1) is 23.6. The van der Waals surface area contributed by atoms with Crippen molar-refractivity contribution in [3.63, 3.8) is 0 Å². The van der Waals surface area contributed by atoms with E-state index in [4.69, 9.17) is 18.9 Å². The molecular formula is C23H24O8. The van der Waals surface area contributed by atoms with Crippen LogP contribution in [0.15, 0.2) is 48.5 Å². The van der Waals surface area contributed by atoms with Crippen molar-refractivity contribution >= 4 is 23.9 Å². The number of hydrogen-bond donors (Lipinski definition) is 0. The second-order valence-electron chi connectivity index (χ2n) is 6.68. The first-order valence-electron chi connectivity index (χ1n) is 9.64. The van der Waals surface area contributed by atoms with Gasteiger partial charge >= 0.3 is 23.9 Å². The van der Waals surface area contributed by atoms with E-state index in [0.29, 0.717) is 11.1 Å². The summed E-state index contributed by atoms with van der Waals surface area (Å²) in [6.45, 7) is 2.72. The number of carbonyl (C=O) groups excluding carboxylic acids is 4. The lowest BCUT2D eigenvalue weighted by molar-refractivity contribution is -0.150. The zero-order chi connectivity index (χ0) is 22.6. The molecule has 2 rings (SSSR count). The summed E-state index contributed by atoms with van der Waals surface area (Å²) < 4.78 is 19.6. The van der Waals surface area contributed by atoms with E-state index in [1.807, 2.05) is 13.8 Å². The predicted octanol–water partition coefficient (Wildman–Crippen LogP) is 2.79. The summed E-state index contributed by atoms with van der Waals surface area (Å²) in [5.41, 5.74) is 2.68. The van der Waals surface area contributed by atoms with Crippen LogP contribution in [0.2, 0.25) is 0 Å². The molecule has 2 aromatic rings. The Morgan fingerprint density at radius 1 is 0.581 bits per heavy atom. The topological polar surface area (TPSA) is 105 Å². The second kappa shape index (κ2) is 12.1. The van der Waals surface area contributed by atoms with Crippen LogP contribution in [0.1, 0.15) is 38.3 Å². The quantitative estimate of drug-likeness (QED) is 0.323. The third-order valence-corrected chi connectivity index (χ3v) is 4.03. The van der Waals surface area contributed by atoms with Crippen molar-refractivity contribution in [1.29, 1.82) is 0 Å². The van der Waals surface area contributed by atoms with Crippen LogP contribution >= 0.6 is 0 Å². The standard InChI is InChI=1S/C23H24O8/c1-16-4-8-18(9-5-16)22(26)30-14-20(24)28-12-3-13-29-21(25)15-31-23(27)19-10-6-17(2)7-11-19/h4-11H,3,12-15H2,1-2H3. The van der Waals surface area contributed by atoms with Crippen LogP contribution in [0.25, 0.3) is 0 Å². The molecule has 8 nitrogen and oxygen atoms in total. The fraction of sp³-hybridized carbons (Fsp3) is 0.304. The smallest absolute Gasteiger partial charge is 0.344 e. The van der Waals surface area contributed by atoms with Gasteiger partial charge in [-0.3, -0.25) is 0 Å². The highest BCUT2D eigenvalue weighted by Gasteiger charge is 2.12. The lowest BCUT2D eigenvalue weighted by Crippen LogP contribution is -2.19. The molecule has 0 bridgehead atoms. The van der Waals surface area contributed by atoms with E-state index in [1.165, 1.54) is 0 Å². The summed E-state index contributed by atoms with van der Waals surface area (Å²) >= 11 is 0. The zero-order valence-corrected chi connectivity index (χ0v) is 17.4. The van der Waals surface area contributed by atoms with Crippen molar-refractivity contribution in [3.8, 4) is 0 Å². The molecular weight excluding hydrogens is 404 g/mol. The van der Waals surface area contributed by atoms with Gasteiger partial charge in [-0.1, -0.05) is 35.4 Å². The van der Waals surface area contributed by atoms with Gasteiger partial charge in [0.05, 0.1) is 24.3 Å². The van der Waals surface area contributed by atoms with Crippen LogP contribution in [0.5, 0.6) is 0 Å². The molecule has 0 atom stereocenters. The SMILES string of the molecule is Cc1ccc(C(=O)OCC(=O)OCCCOC(=O)COC(=O)c2ccc(C)cc2)cc1. The largest absolute Gasteiger partial charge is 0.463 e. The number of carbonyl (C=O) groups is 4. The molecule has 0 aliphatic rings. The lowest BCUT2D eigenvalue weighted by atomic mass is 10.1. The molecule has 0 radical (unpaired) electrons. The van der Waals surface area contributed by atoms with Crippen molar-refractivity contribution in [1.82, 2.24) is 0 Å². The first-order chi connectivity index (χ1) is 14.8. The average Bonchev–Trinajstić information content (AvgIpc) is 2.76. The number of benzene rings is 2. The van der Waals surface area contributed by atoms with Crippen LogP contribution in [0.4, 0.5) is 0 Å². The summed E-state index contributed by atoms with van der Waals surface area (Å²) in [7, 11) is 0. The van der Waals surface area contributed by atoms with Gasteiger partial charge in [-0.05, 0) is 38.1 Å². The van der Waals surface area contributed by atoms with Crippen LogP contribution in [-0.2, 0) is 28.5 Å². The molecule has 164 valence electrons. The molecule has 0 aromatic heterocycles. The van der Waals surface area contributed by atoms with Gasteiger partial charge in [0, 0.05) is 6.42 Å². The van der Waals surface area contributed by atoms with Gasteiger partial charge in [-0.2, -0.15) is 0 Å². The monoisotopic (exact) mass is 428 g/mol. The number of ether oxygens (including phenoxy) is 4. The predicted molar refractivity (Wildman–Crippen MR) is 109 cm³/mol. The Hall–Kier alpha value is -3.68. The number of esters is 4. The van der Waals surface area contributed by atoms with E-state index in [-0.39, 0.29) is 19.6 Å². The van der Waals surface area contributed by atoms with E-state index < -0.39 is 37.1 Å². The minimum absolute atomic E-state index is 0.0165. The second-order valence-corrected chi connectivity index (χ2v) is 6.68. The number of rotatable bonds is 10. The fourth-order valence-corrected chi connectivity index (χ4v) is 2.31. The molecule has 31 heavy (non-hydrogen) atoms. The van der Waals surface area contributed by atoms with Crippen molar-refractivity contribution in [2.24, 2.45) is 0 Å². The van der Waals surface area contributed by atoms with Crippen LogP contribution in [0, 0.1) is 13.8 Å². The van der Waals surface area contributed by atoms with Gasteiger partial charge in [0.15, 0.2) is 13.2 Å². The van der Waals surface area contributed by atoms with Crippen molar-refractivity contribution in [2.45, 2.75) is 20.3 Å². The van der Waals surface area contributed by atoms with Gasteiger partial charge in [-0.15, -0.1) is 0 Å². The maximum atomic E-state index is 11.8. The molecule has 0 spiro atoms. The van der Waals surface area contributed by atoms with E-state index >= 15 is 0 Å². The highest BCUT2D eigenvalue weighted by Crippen LogP contribution is 2.06. The van der Waals surface area contributed by atoms with E-state index in [9.17, 15) is 19.2 Å². The van der Waals surface area contributed by atoms with Gasteiger partial charge in [0.2, 0.25) is 0 Å². The van der Waals surface area contributed by atoms with E-state index in [1.54, 1.807) is 48.5 Å². The summed E-state index contributed by atoms with van der Waals surface area (Å²) in [6.07, 6.45) is 0.245. The van der Waals surface area contributed by atoms with Gasteiger partial charge in [0.1, 0.15) is 0 Å².